The van der Waals surface area contributed by atoms with Crippen molar-refractivity contribution in [2.75, 3.05) is 18.6 Å². The molecule has 1 aliphatic heterocycles. The normalized spacial score (nSPS) is 26.9. The van der Waals surface area contributed by atoms with Crippen molar-refractivity contribution in [3.63, 3.8) is 0 Å². The molecule has 2 heterocycles. The van der Waals surface area contributed by atoms with Gasteiger partial charge in [-0.1, -0.05) is 6.92 Å². The summed E-state index contributed by atoms with van der Waals surface area (Å²) in [6, 6.07) is 0.559. The summed E-state index contributed by atoms with van der Waals surface area (Å²) in [5, 5.41) is 8.36. The Morgan fingerprint density at radius 3 is 2.94 bits per heavy atom. The second-order valence-corrected chi connectivity index (χ2v) is 7.79. The van der Waals surface area contributed by atoms with Gasteiger partial charge in [-0.2, -0.15) is 23.5 Å². The first-order valence-electron chi connectivity index (χ1n) is 6.14. The highest BCUT2D eigenvalue weighted by atomic mass is 32.2. The molecule has 2 nitrogen and oxygen atoms in total. The number of thioether (sulfide) groups is 2. The van der Waals surface area contributed by atoms with Crippen molar-refractivity contribution in [2.24, 2.45) is 0 Å². The molecule has 0 radical (unpaired) electrons. The van der Waals surface area contributed by atoms with Crippen LogP contribution in [0.4, 0.5) is 0 Å². The van der Waals surface area contributed by atoms with Crippen LogP contribution < -0.4 is 5.32 Å². The number of nitrogens with zero attached hydrogens (tertiary/aromatic N) is 1. The minimum Gasteiger partial charge on any atom is -0.315 e. The third kappa shape index (κ3) is 3.63. The molecule has 1 aromatic rings. The molecular formula is C12H20N2S3. The predicted octanol–water partition coefficient (Wildman–Crippen LogP) is 2.90. The first-order chi connectivity index (χ1) is 8.35. The number of rotatable bonds is 5. The van der Waals surface area contributed by atoms with Gasteiger partial charge in [-0.05, 0) is 13.5 Å². The largest absolute Gasteiger partial charge is 0.315 e. The van der Waals surface area contributed by atoms with Gasteiger partial charge in [0, 0.05) is 46.0 Å². The van der Waals surface area contributed by atoms with Crippen LogP contribution in [0, 0.1) is 0 Å². The summed E-state index contributed by atoms with van der Waals surface area (Å²) in [6.45, 7) is 2.31. The molecule has 3 unspecified atom stereocenters. The summed E-state index contributed by atoms with van der Waals surface area (Å²) in [5.41, 5.74) is 0. The van der Waals surface area contributed by atoms with E-state index in [-0.39, 0.29) is 0 Å². The third-order valence-electron chi connectivity index (χ3n) is 3.14. The number of nitrogens with one attached hydrogen (secondary N) is 1. The van der Waals surface area contributed by atoms with Gasteiger partial charge in [0.1, 0.15) is 0 Å². The lowest BCUT2D eigenvalue weighted by molar-refractivity contribution is 0.516. The monoisotopic (exact) mass is 288 g/mol. The van der Waals surface area contributed by atoms with Crippen molar-refractivity contribution in [2.45, 2.75) is 36.3 Å². The predicted molar refractivity (Wildman–Crippen MR) is 81.4 cm³/mol. The minimum absolute atomic E-state index is 0.559. The van der Waals surface area contributed by atoms with E-state index in [1.807, 2.05) is 6.20 Å². The van der Waals surface area contributed by atoms with Crippen molar-refractivity contribution in [3.8, 4) is 0 Å². The van der Waals surface area contributed by atoms with E-state index in [1.54, 1.807) is 11.3 Å². The minimum atomic E-state index is 0.559. The Bertz CT molecular complexity index is 316. The molecule has 96 valence electrons. The van der Waals surface area contributed by atoms with Crippen molar-refractivity contribution in [1.29, 1.82) is 0 Å². The summed E-state index contributed by atoms with van der Waals surface area (Å²) in [6.07, 6.45) is 4.26. The highest BCUT2D eigenvalue weighted by molar-refractivity contribution is 8.07. The van der Waals surface area contributed by atoms with Crippen LogP contribution in [0.15, 0.2) is 11.6 Å². The van der Waals surface area contributed by atoms with E-state index in [2.05, 4.69) is 53.2 Å². The van der Waals surface area contributed by atoms with Crippen molar-refractivity contribution in [3.05, 3.63) is 16.6 Å². The lowest BCUT2D eigenvalue weighted by atomic mass is 10.1. The SMILES string of the molecule is CCC1SCCSC1C(Cc1nccs1)NC. The standard InChI is InChI=1S/C12H20N2S3/c1-3-10-12(17-7-6-15-10)9(13-2)8-11-14-4-5-16-11/h4-5,9-10,12-13H,3,6-8H2,1-2H3. The van der Waals surface area contributed by atoms with E-state index < -0.39 is 0 Å². The number of likely N-dealkylation sites (N-methyl/N-ethyl adjacent to an activating group) is 1. The maximum atomic E-state index is 4.41. The fourth-order valence-corrected chi connectivity index (χ4v) is 6.21. The summed E-state index contributed by atoms with van der Waals surface area (Å²) in [5.74, 6) is 2.61. The van der Waals surface area contributed by atoms with Crippen LogP contribution in [-0.4, -0.2) is 40.1 Å². The average molecular weight is 289 g/mol. The molecule has 0 amide bonds. The Kier molecular flexibility index (Phi) is 5.66. The van der Waals surface area contributed by atoms with E-state index in [4.69, 9.17) is 0 Å². The van der Waals surface area contributed by atoms with E-state index in [0.717, 1.165) is 16.9 Å². The van der Waals surface area contributed by atoms with Gasteiger partial charge >= 0.3 is 0 Å². The number of hydrogen-bond donors (Lipinski definition) is 1. The molecule has 0 bridgehead atoms. The second kappa shape index (κ2) is 7.02. The molecule has 2 rings (SSSR count). The second-order valence-electron chi connectivity index (χ2n) is 4.18. The zero-order valence-electron chi connectivity index (χ0n) is 10.4. The molecule has 1 fully saturated rings. The summed E-state index contributed by atoms with van der Waals surface area (Å²) < 4.78 is 0. The molecule has 0 spiro atoms. The van der Waals surface area contributed by atoms with E-state index in [1.165, 1.54) is 22.9 Å². The van der Waals surface area contributed by atoms with Gasteiger partial charge in [0.2, 0.25) is 0 Å². The van der Waals surface area contributed by atoms with Crippen LogP contribution in [0.3, 0.4) is 0 Å². The van der Waals surface area contributed by atoms with Gasteiger partial charge in [0.25, 0.3) is 0 Å². The average Bonchev–Trinajstić information content (AvgIpc) is 2.89. The fourth-order valence-electron chi connectivity index (χ4n) is 2.24. The Morgan fingerprint density at radius 2 is 2.29 bits per heavy atom. The van der Waals surface area contributed by atoms with Gasteiger partial charge in [-0.25, -0.2) is 4.98 Å². The summed E-state index contributed by atoms with van der Waals surface area (Å²) in [4.78, 5) is 4.41. The van der Waals surface area contributed by atoms with Crippen LogP contribution in [0.2, 0.25) is 0 Å². The first kappa shape index (κ1) is 13.7. The summed E-state index contributed by atoms with van der Waals surface area (Å²) >= 11 is 6.07. The number of hydrogen-bond acceptors (Lipinski definition) is 5. The Labute approximate surface area is 116 Å². The molecule has 0 aromatic carbocycles. The molecule has 1 aliphatic rings. The van der Waals surface area contributed by atoms with Gasteiger partial charge in [-0.15, -0.1) is 11.3 Å². The maximum absolute atomic E-state index is 4.41. The zero-order chi connectivity index (χ0) is 12.1. The van der Waals surface area contributed by atoms with Crippen molar-refractivity contribution in [1.82, 2.24) is 10.3 Å². The molecule has 3 atom stereocenters. The third-order valence-corrected chi connectivity index (χ3v) is 7.35. The Balaban J connectivity index is 2.00. The maximum Gasteiger partial charge on any atom is 0.0940 e. The first-order valence-corrected chi connectivity index (χ1v) is 9.11. The molecule has 0 aliphatic carbocycles. The zero-order valence-corrected chi connectivity index (χ0v) is 12.8. The lowest BCUT2D eigenvalue weighted by Crippen LogP contribution is -2.44. The van der Waals surface area contributed by atoms with Crippen LogP contribution in [0.1, 0.15) is 18.4 Å². The van der Waals surface area contributed by atoms with Crippen LogP contribution in [-0.2, 0) is 6.42 Å². The van der Waals surface area contributed by atoms with Crippen molar-refractivity contribution < 1.29 is 0 Å². The molecule has 1 saturated heterocycles. The topological polar surface area (TPSA) is 24.9 Å². The molecular weight excluding hydrogens is 268 g/mol. The van der Waals surface area contributed by atoms with E-state index in [9.17, 15) is 0 Å². The van der Waals surface area contributed by atoms with Crippen LogP contribution in [0.5, 0.6) is 0 Å². The Morgan fingerprint density at radius 1 is 1.47 bits per heavy atom. The molecule has 17 heavy (non-hydrogen) atoms. The van der Waals surface area contributed by atoms with E-state index >= 15 is 0 Å². The Hall–Kier alpha value is 0.290. The lowest BCUT2D eigenvalue weighted by Gasteiger charge is -2.35. The van der Waals surface area contributed by atoms with Gasteiger partial charge in [0.05, 0.1) is 5.01 Å². The van der Waals surface area contributed by atoms with E-state index in [0.29, 0.717) is 6.04 Å². The fraction of sp³-hybridized carbons (Fsp3) is 0.750. The van der Waals surface area contributed by atoms with Crippen molar-refractivity contribution >= 4 is 34.9 Å². The summed E-state index contributed by atoms with van der Waals surface area (Å²) in [7, 11) is 2.09. The van der Waals surface area contributed by atoms with Gasteiger partial charge < -0.3 is 5.32 Å². The van der Waals surface area contributed by atoms with Crippen LogP contribution in [0.25, 0.3) is 0 Å². The molecule has 1 aromatic heterocycles. The highest BCUT2D eigenvalue weighted by Gasteiger charge is 2.31. The molecule has 0 saturated carbocycles. The molecule has 5 heteroatoms. The van der Waals surface area contributed by atoms with Gasteiger partial charge in [-0.3, -0.25) is 0 Å². The van der Waals surface area contributed by atoms with Crippen LogP contribution >= 0.6 is 34.9 Å². The highest BCUT2D eigenvalue weighted by Crippen LogP contribution is 2.36. The number of thiazole rings is 1. The van der Waals surface area contributed by atoms with Gasteiger partial charge in [0.15, 0.2) is 0 Å². The smallest absolute Gasteiger partial charge is 0.0940 e. The quantitative estimate of drug-likeness (QED) is 0.900. The molecule has 1 N–H and O–H groups in total. The number of aromatic nitrogens is 1.